The maximum atomic E-state index is 12.1. The first kappa shape index (κ1) is 15.7. The molecule has 0 aliphatic heterocycles. The van der Waals surface area contributed by atoms with Crippen LogP contribution in [0.3, 0.4) is 0 Å². The minimum atomic E-state index is -0.953. The smallest absolute Gasteiger partial charge is 0.308 e. The summed E-state index contributed by atoms with van der Waals surface area (Å²) in [5.74, 6) is -1.90. The van der Waals surface area contributed by atoms with Gasteiger partial charge in [0.2, 0.25) is 5.91 Å². The number of carboxylic acid groups (broad SMARTS) is 1. The average Bonchev–Trinajstić information content (AvgIpc) is 3.04. The first-order valence-corrected chi connectivity index (χ1v) is 6.97. The maximum absolute atomic E-state index is 12.1. The van der Waals surface area contributed by atoms with Gasteiger partial charge in [0.1, 0.15) is 12.7 Å². The Morgan fingerprint density at radius 2 is 2.05 bits per heavy atom. The van der Waals surface area contributed by atoms with Gasteiger partial charge in [0.25, 0.3) is 0 Å². The Labute approximate surface area is 128 Å². The van der Waals surface area contributed by atoms with Crippen LogP contribution in [0.15, 0.2) is 43.0 Å². The molecular formula is C15H18N4O3. The number of nitrogens with one attached hydrogen (secondary N) is 1. The monoisotopic (exact) mass is 302 g/mol. The molecule has 0 aliphatic carbocycles. The Morgan fingerprint density at radius 1 is 1.32 bits per heavy atom. The maximum Gasteiger partial charge on any atom is 0.308 e. The van der Waals surface area contributed by atoms with Crippen molar-refractivity contribution in [2.45, 2.75) is 25.9 Å². The molecule has 2 rings (SSSR count). The summed E-state index contributed by atoms with van der Waals surface area (Å²) in [5, 5.41) is 15.9. The van der Waals surface area contributed by atoms with Crippen LogP contribution in [0.1, 0.15) is 24.9 Å². The van der Waals surface area contributed by atoms with Crippen molar-refractivity contribution in [3.63, 3.8) is 0 Å². The van der Waals surface area contributed by atoms with E-state index in [1.54, 1.807) is 11.6 Å². The topological polar surface area (TPSA) is 97.1 Å². The number of carboxylic acids is 1. The Bertz CT molecular complexity index is 613. The molecule has 7 nitrogen and oxygen atoms in total. The van der Waals surface area contributed by atoms with Gasteiger partial charge < -0.3 is 10.4 Å². The molecule has 0 spiro atoms. The molecule has 0 aliphatic rings. The number of hydrogen-bond donors (Lipinski definition) is 2. The number of benzene rings is 1. The quantitative estimate of drug-likeness (QED) is 0.802. The first-order chi connectivity index (χ1) is 10.6. The Balaban J connectivity index is 2.02. The molecule has 0 saturated carbocycles. The number of aliphatic carboxylic acids is 1. The van der Waals surface area contributed by atoms with E-state index < -0.39 is 17.9 Å². The highest BCUT2D eigenvalue weighted by atomic mass is 16.4. The lowest BCUT2D eigenvalue weighted by molar-refractivity contribution is -0.142. The molecule has 1 amide bonds. The van der Waals surface area contributed by atoms with Gasteiger partial charge in [0.05, 0.1) is 18.5 Å². The van der Waals surface area contributed by atoms with Gasteiger partial charge in [0, 0.05) is 6.42 Å². The standard InChI is InChI=1S/C15H18N4O3/c1-11(15(21)22)14(12-5-3-2-4-6-12)18-13(20)7-8-19-10-16-9-17-19/h2-6,9-11,14H,7-8H2,1H3,(H,18,20)(H,21,22). The van der Waals surface area contributed by atoms with Crippen LogP contribution in [0.4, 0.5) is 0 Å². The Hall–Kier alpha value is -2.70. The van der Waals surface area contributed by atoms with Crippen molar-refractivity contribution in [3.8, 4) is 0 Å². The third-order valence-electron chi connectivity index (χ3n) is 3.40. The number of hydrogen-bond acceptors (Lipinski definition) is 4. The normalized spacial score (nSPS) is 13.3. The lowest BCUT2D eigenvalue weighted by Gasteiger charge is -2.23. The second kappa shape index (κ2) is 7.35. The molecule has 2 unspecified atom stereocenters. The molecule has 7 heteroatoms. The molecule has 0 saturated heterocycles. The molecule has 0 bridgehead atoms. The van der Waals surface area contributed by atoms with E-state index in [1.165, 1.54) is 12.7 Å². The average molecular weight is 302 g/mol. The van der Waals surface area contributed by atoms with Gasteiger partial charge in [-0.3, -0.25) is 14.3 Å². The summed E-state index contributed by atoms with van der Waals surface area (Å²) >= 11 is 0. The zero-order valence-corrected chi connectivity index (χ0v) is 12.2. The molecule has 0 radical (unpaired) electrons. The fraction of sp³-hybridized carbons (Fsp3) is 0.333. The van der Waals surface area contributed by atoms with Gasteiger partial charge >= 0.3 is 5.97 Å². The summed E-state index contributed by atoms with van der Waals surface area (Å²) in [6, 6.07) is 8.53. The largest absolute Gasteiger partial charge is 0.481 e. The van der Waals surface area contributed by atoms with Gasteiger partial charge in [0.15, 0.2) is 0 Å². The van der Waals surface area contributed by atoms with Crippen molar-refractivity contribution < 1.29 is 14.7 Å². The van der Waals surface area contributed by atoms with Crippen molar-refractivity contribution in [1.82, 2.24) is 20.1 Å². The second-order valence-electron chi connectivity index (χ2n) is 4.99. The molecule has 1 heterocycles. The van der Waals surface area contributed by atoms with Crippen LogP contribution < -0.4 is 5.32 Å². The number of aryl methyl sites for hydroxylation is 1. The van der Waals surface area contributed by atoms with E-state index in [1.807, 2.05) is 30.3 Å². The van der Waals surface area contributed by atoms with Crippen LogP contribution in [-0.2, 0) is 16.1 Å². The van der Waals surface area contributed by atoms with Gasteiger partial charge in [-0.05, 0) is 12.5 Å². The third-order valence-corrected chi connectivity index (χ3v) is 3.40. The number of carbonyl (C=O) groups excluding carboxylic acids is 1. The van der Waals surface area contributed by atoms with E-state index in [2.05, 4.69) is 15.4 Å². The van der Waals surface area contributed by atoms with Crippen molar-refractivity contribution in [2.75, 3.05) is 0 Å². The fourth-order valence-corrected chi connectivity index (χ4v) is 2.11. The van der Waals surface area contributed by atoms with Crippen LogP contribution in [0.25, 0.3) is 0 Å². The van der Waals surface area contributed by atoms with E-state index in [0.717, 1.165) is 5.56 Å². The summed E-state index contributed by atoms with van der Waals surface area (Å²) in [7, 11) is 0. The predicted molar refractivity (Wildman–Crippen MR) is 78.8 cm³/mol. The molecule has 1 aromatic carbocycles. The van der Waals surface area contributed by atoms with E-state index in [9.17, 15) is 14.7 Å². The molecule has 2 aromatic rings. The number of nitrogens with zero attached hydrogens (tertiary/aromatic N) is 3. The van der Waals surface area contributed by atoms with Crippen LogP contribution >= 0.6 is 0 Å². The van der Waals surface area contributed by atoms with Crippen molar-refractivity contribution in [3.05, 3.63) is 48.5 Å². The Morgan fingerprint density at radius 3 is 2.64 bits per heavy atom. The minimum absolute atomic E-state index is 0.207. The van der Waals surface area contributed by atoms with Gasteiger partial charge in [-0.1, -0.05) is 30.3 Å². The molecule has 22 heavy (non-hydrogen) atoms. The molecule has 2 N–H and O–H groups in total. The molecule has 0 fully saturated rings. The lowest BCUT2D eigenvalue weighted by Crippen LogP contribution is -2.36. The SMILES string of the molecule is CC(C(=O)O)C(NC(=O)CCn1cncn1)c1ccccc1. The van der Waals surface area contributed by atoms with Crippen LogP contribution in [0, 0.1) is 5.92 Å². The van der Waals surface area contributed by atoms with Gasteiger partial charge in [-0.2, -0.15) is 5.10 Å². The van der Waals surface area contributed by atoms with Crippen LogP contribution in [0.5, 0.6) is 0 Å². The zero-order chi connectivity index (χ0) is 15.9. The van der Waals surface area contributed by atoms with E-state index in [4.69, 9.17) is 0 Å². The number of amides is 1. The van der Waals surface area contributed by atoms with Gasteiger partial charge in [-0.15, -0.1) is 0 Å². The van der Waals surface area contributed by atoms with Crippen molar-refractivity contribution in [2.24, 2.45) is 5.92 Å². The molecule has 1 aromatic heterocycles. The third kappa shape index (κ3) is 4.15. The highest BCUT2D eigenvalue weighted by Crippen LogP contribution is 2.22. The summed E-state index contributed by atoms with van der Waals surface area (Å²) in [5.41, 5.74) is 0.770. The van der Waals surface area contributed by atoms with Crippen LogP contribution in [0.2, 0.25) is 0 Å². The molecule has 2 atom stereocenters. The van der Waals surface area contributed by atoms with E-state index >= 15 is 0 Å². The van der Waals surface area contributed by atoms with Crippen molar-refractivity contribution in [1.29, 1.82) is 0 Å². The van der Waals surface area contributed by atoms with E-state index in [0.29, 0.717) is 6.54 Å². The highest BCUT2D eigenvalue weighted by molar-refractivity contribution is 5.78. The van der Waals surface area contributed by atoms with Crippen LogP contribution in [-0.4, -0.2) is 31.7 Å². The minimum Gasteiger partial charge on any atom is -0.481 e. The highest BCUT2D eigenvalue weighted by Gasteiger charge is 2.26. The summed E-state index contributed by atoms with van der Waals surface area (Å²) in [6.07, 6.45) is 3.14. The van der Waals surface area contributed by atoms with Gasteiger partial charge in [-0.25, -0.2) is 4.98 Å². The summed E-state index contributed by atoms with van der Waals surface area (Å²) in [6.45, 7) is 1.98. The number of carbonyl (C=O) groups is 2. The fourth-order valence-electron chi connectivity index (χ4n) is 2.11. The predicted octanol–water partition coefficient (Wildman–Crippen LogP) is 1.25. The van der Waals surface area contributed by atoms with Crippen molar-refractivity contribution >= 4 is 11.9 Å². The Kier molecular flexibility index (Phi) is 5.24. The lowest BCUT2D eigenvalue weighted by atomic mass is 9.94. The number of aromatic nitrogens is 3. The molecule has 116 valence electrons. The first-order valence-electron chi connectivity index (χ1n) is 6.97. The number of rotatable bonds is 7. The zero-order valence-electron chi connectivity index (χ0n) is 12.2. The summed E-state index contributed by atoms with van der Waals surface area (Å²) in [4.78, 5) is 27.2. The van der Waals surface area contributed by atoms with E-state index in [-0.39, 0.29) is 12.3 Å². The molecular weight excluding hydrogens is 284 g/mol. The second-order valence-corrected chi connectivity index (χ2v) is 4.99. The summed E-state index contributed by atoms with van der Waals surface area (Å²) < 4.78 is 1.55.